The Labute approximate surface area is 104 Å². The van der Waals surface area contributed by atoms with Crippen LogP contribution in [0.4, 0.5) is 0 Å². The molecule has 2 heterocycles. The summed E-state index contributed by atoms with van der Waals surface area (Å²) in [4.78, 5) is 14.3. The van der Waals surface area contributed by atoms with Gasteiger partial charge in [-0.05, 0) is 39.2 Å². The zero-order valence-electron chi connectivity index (χ0n) is 10.8. The molecule has 1 amide bonds. The molecule has 0 aromatic carbocycles. The van der Waals surface area contributed by atoms with Crippen molar-refractivity contribution in [1.29, 1.82) is 0 Å². The first-order valence-corrected chi connectivity index (χ1v) is 6.92. The molecule has 1 N–H and O–H groups in total. The third-order valence-electron chi connectivity index (χ3n) is 3.80. The lowest BCUT2D eigenvalue weighted by atomic mass is 9.96. The molecule has 0 spiro atoms. The highest BCUT2D eigenvalue weighted by molar-refractivity contribution is 5.79. The number of amides is 1. The van der Waals surface area contributed by atoms with Crippen molar-refractivity contribution in [3.63, 3.8) is 0 Å². The molecule has 2 aliphatic rings. The molecule has 98 valence electrons. The van der Waals surface area contributed by atoms with Crippen LogP contribution >= 0.6 is 0 Å². The zero-order chi connectivity index (χ0) is 12.1. The van der Waals surface area contributed by atoms with Gasteiger partial charge in [0.05, 0.1) is 12.0 Å². The van der Waals surface area contributed by atoms with Gasteiger partial charge in [0.2, 0.25) is 5.91 Å². The van der Waals surface area contributed by atoms with E-state index in [-0.39, 0.29) is 5.92 Å². The van der Waals surface area contributed by atoms with Gasteiger partial charge < -0.3 is 15.0 Å². The summed E-state index contributed by atoms with van der Waals surface area (Å²) in [6, 6.07) is 0. The van der Waals surface area contributed by atoms with E-state index in [0.29, 0.717) is 12.0 Å². The molecule has 2 aliphatic heterocycles. The number of hydrogen-bond donors (Lipinski definition) is 1. The lowest BCUT2D eigenvalue weighted by Crippen LogP contribution is -2.47. The molecule has 17 heavy (non-hydrogen) atoms. The van der Waals surface area contributed by atoms with Gasteiger partial charge in [-0.25, -0.2) is 0 Å². The number of hydrogen-bond acceptors (Lipinski definition) is 3. The van der Waals surface area contributed by atoms with Crippen LogP contribution in [0.2, 0.25) is 0 Å². The van der Waals surface area contributed by atoms with E-state index in [0.717, 1.165) is 58.5 Å². The van der Waals surface area contributed by atoms with Gasteiger partial charge in [-0.1, -0.05) is 0 Å². The lowest BCUT2D eigenvalue weighted by Gasteiger charge is -2.35. The molecule has 4 nitrogen and oxygen atoms in total. The van der Waals surface area contributed by atoms with Crippen molar-refractivity contribution < 1.29 is 9.53 Å². The van der Waals surface area contributed by atoms with Gasteiger partial charge in [-0.3, -0.25) is 4.79 Å². The second-order valence-corrected chi connectivity index (χ2v) is 5.02. The molecule has 0 aromatic heterocycles. The molecule has 1 atom stereocenters. The molecule has 0 saturated carbocycles. The number of likely N-dealkylation sites (tertiary alicyclic amines) is 1. The molecule has 0 unspecified atom stereocenters. The van der Waals surface area contributed by atoms with Crippen molar-refractivity contribution in [2.24, 2.45) is 5.92 Å². The molecular weight excluding hydrogens is 216 g/mol. The minimum absolute atomic E-state index is 0.215. The van der Waals surface area contributed by atoms with Crippen molar-refractivity contribution in [1.82, 2.24) is 10.2 Å². The van der Waals surface area contributed by atoms with Crippen LogP contribution in [-0.4, -0.2) is 49.7 Å². The average molecular weight is 240 g/mol. The van der Waals surface area contributed by atoms with Crippen LogP contribution in [0.3, 0.4) is 0 Å². The number of carbonyl (C=O) groups is 1. The van der Waals surface area contributed by atoms with Crippen molar-refractivity contribution in [3.05, 3.63) is 0 Å². The van der Waals surface area contributed by atoms with Crippen molar-refractivity contribution in [2.75, 3.05) is 32.8 Å². The SMILES string of the molecule is CCOC1CCN(C(=O)[C@H]2CCCNC2)CC1. The predicted octanol–water partition coefficient (Wildman–Crippen LogP) is 1.01. The number of nitrogens with one attached hydrogen (secondary N) is 1. The smallest absolute Gasteiger partial charge is 0.226 e. The average Bonchev–Trinajstić information content (AvgIpc) is 2.40. The monoisotopic (exact) mass is 240 g/mol. The van der Waals surface area contributed by atoms with Gasteiger partial charge in [0.15, 0.2) is 0 Å². The lowest BCUT2D eigenvalue weighted by molar-refractivity contribution is -0.138. The van der Waals surface area contributed by atoms with E-state index >= 15 is 0 Å². The summed E-state index contributed by atoms with van der Waals surface area (Å²) < 4.78 is 5.61. The summed E-state index contributed by atoms with van der Waals surface area (Å²) in [5, 5.41) is 3.31. The minimum Gasteiger partial charge on any atom is -0.378 e. The van der Waals surface area contributed by atoms with Gasteiger partial charge in [0.25, 0.3) is 0 Å². The highest BCUT2D eigenvalue weighted by Crippen LogP contribution is 2.19. The fraction of sp³-hybridized carbons (Fsp3) is 0.923. The van der Waals surface area contributed by atoms with Gasteiger partial charge >= 0.3 is 0 Å². The largest absolute Gasteiger partial charge is 0.378 e. The number of piperidine rings is 2. The zero-order valence-corrected chi connectivity index (χ0v) is 10.8. The van der Waals surface area contributed by atoms with Crippen LogP contribution < -0.4 is 5.32 Å². The Morgan fingerprint density at radius 2 is 2.12 bits per heavy atom. The van der Waals surface area contributed by atoms with Gasteiger partial charge in [-0.2, -0.15) is 0 Å². The standard InChI is InChI=1S/C13H24N2O2/c1-2-17-12-5-8-15(9-6-12)13(16)11-4-3-7-14-10-11/h11-12,14H,2-10H2,1H3/t11-/m0/s1. The summed E-state index contributed by atoms with van der Waals surface area (Å²) in [7, 11) is 0. The molecule has 0 bridgehead atoms. The Bertz CT molecular complexity index is 244. The summed E-state index contributed by atoms with van der Waals surface area (Å²) in [5.74, 6) is 0.569. The first kappa shape index (κ1) is 12.8. The Morgan fingerprint density at radius 3 is 2.71 bits per heavy atom. The first-order valence-electron chi connectivity index (χ1n) is 6.92. The van der Waals surface area contributed by atoms with E-state index < -0.39 is 0 Å². The molecule has 0 aromatic rings. The maximum atomic E-state index is 12.3. The maximum Gasteiger partial charge on any atom is 0.226 e. The maximum absolute atomic E-state index is 12.3. The predicted molar refractivity (Wildman–Crippen MR) is 66.8 cm³/mol. The van der Waals surface area contributed by atoms with Gasteiger partial charge in [0.1, 0.15) is 0 Å². The highest BCUT2D eigenvalue weighted by Gasteiger charge is 2.29. The number of ether oxygens (including phenoxy) is 1. The third-order valence-corrected chi connectivity index (χ3v) is 3.80. The van der Waals surface area contributed by atoms with Crippen LogP contribution in [0.5, 0.6) is 0 Å². The van der Waals surface area contributed by atoms with Gasteiger partial charge in [-0.15, -0.1) is 0 Å². The van der Waals surface area contributed by atoms with E-state index in [4.69, 9.17) is 4.74 Å². The molecule has 2 rings (SSSR count). The summed E-state index contributed by atoms with van der Waals surface area (Å²) in [6.07, 6.45) is 4.55. The molecular formula is C13H24N2O2. The van der Waals surface area contributed by atoms with E-state index in [9.17, 15) is 4.79 Å². The fourth-order valence-corrected chi connectivity index (χ4v) is 2.80. The van der Waals surface area contributed by atoms with Crippen LogP contribution in [-0.2, 0) is 9.53 Å². The topological polar surface area (TPSA) is 41.6 Å². The van der Waals surface area contributed by atoms with Crippen LogP contribution in [0.15, 0.2) is 0 Å². The Balaban J connectivity index is 1.77. The van der Waals surface area contributed by atoms with E-state index in [1.165, 1.54) is 0 Å². The van der Waals surface area contributed by atoms with Gasteiger partial charge in [0, 0.05) is 26.2 Å². The molecule has 2 fully saturated rings. The second-order valence-electron chi connectivity index (χ2n) is 5.02. The number of carbonyl (C=O) groups excluding carboxylic acids is 1. The molecule has 4 heteroatoms. The van der Waals surface area contributed by atoms with Crippen LogP contribution in [0.1, 0.15) is 32.6 Å². The van der Waals surface area contributed by atoms with Crippen molar-refractivity contribution in [2.45, 2.75) is 38.7 Å². The Hall–Kier alpha value is -0.610. The number of rotatable bonds is 3. The quantitative estimate of drug-likeness (QED) is 0.800. The summed E-state index contributed by atoms with van der Waals surface area (Å²) in [6.45, 7) is 6.50. The summed E-state index contributed by atoms with van der Waals surface area (Å²) in [5.41, 5.74) is 0. The van der Waals surface area contributed by atoms with E-state index in [1.54, 1.807) is 0 Å². The normalized spacial score (nSPS) is 27.1. The first-order chi connectivity index (χ1) is 8.31. The second kappa shape index (κ2) is 6.36. The minimum atomic E-state index is 0.215. The Morgan fingerprint density at radius 1 is 1.35 bits per heavy atom. The van der Waals surface area contributed by atoms with Crippen molar-refractivity contribution in [3.8, 4) is 0 Å². The summed E-state index contributed by atoms with van der Waals surface area (Å²) >= 11 is 0. The van der Waals surface area contributed by atoms with E-state index in [2.05, 4.69) is 5.32 Å². The van der Waals surface area contributed by atoms with Crippen LogP contribution in [0.25, 0.3) is 0 Å². The molecule has 2 saturated heterocycles. The van der Waals surface area contributed by atoms with Crippen LogP contribution in [0, 0.1) is 5.92 Å². The fourth-order valence-electron chi connectivity index (χ4n) is 2.80. The Kier molecular flexibility index (Phi) is 4.80. The number of nitrogens with zero attached hydrogens (tertiary/aromatic N) is 1. The molecule has 0 aliphatic carbocycles. The van der Waals surface area contributed by atoms with E-state index in [1.807, 2.05) is 11.8 Å². The van der Waals surface area contributed by atoms with Crippen molar-refractivity contribution >= 4 is 5.91 Å². The highest BCUT2D eigenvalue weighted by atomic mass is 16.5. The molecule has 0 radical (unpaired) electrons. The third kappa shape index (κ3) is 3.42.